The normalized spacial score (nSPS) is 20.7. The zero-order valence-corrected chi connectivity index (χ0v) is 21.8. The van der Waals surface area contributed by atoms with Crippen LogP contribution in [0.5, 0.6) is 0 Å². The minimum absolute atomic E-state index is 0.0240. The van der Waals surface area contributed by atoms with Crippen molar-refractivity contribution in [1.82, 2.24) is 19.7 Å². The number of hydrogen-bond donors (Lipinski definition) is 1. The Morgan fingerprint density at radius 3 is 2.46 bits per heavy atom. The average Bonchev–Trinajstić information content (AvgIpc) is 3.29. The summed E-state index contributed by atoms with van der Waals surface area (Å²) in [6, 6.07) is 4.12. The Morgan fingerprint density at radius 1 is 1.16 bits per heavy atom. The first-order valence-electron chi connectivity index (χ1n) is 11.3. The van der Waals surface area contributed by atoms with E-state index in [4.69, 9.17) is 23.2 Å². The van der Waals surface area contributed by atoms with Gasteiger partial charge in [0.2, 0.25) is 5.91 Å². The van der Waals surface area contributed by atoms with Crippen molar-refractivity contribution in [3.05, 3.63) is 64.4 Å². The van der Waals surface area contributed by atoms with Crippen molar-refractivity contribution in [3.63, 3.8) is 0 Å². The Kier molecular flexibility index (Phi) is 6.28. The topological polar surface area (TPSA) is 122 Å². The molecule has 2 atom stereocenters. The van der Waals surface area contributed by atoms with E-state index in [9.17, 15) is 27.5 Å². The van der Waals surface area contributed by atoms with Crippen LogP contribution in [0.25, 0.3) is 11.1 Å². The summed E-state index contributed by atoms with van der Waals surface area (Å²) >= 11 is 12.2. The minimum Gasteiger partial charge on any atom is -0.480 e. The second kappa shape index (κ2) is 9.07. The summed E-state index contributed by atoms with van der Waals surface area (Å²) in [4.78, 5) is 30.5. The number of amides is 1. The highest BCUT2D eigenvalue weighted by Gasteiger charge is 2.59. The van der Waals surface area contributed by atoms with Crippen molar-refractivity contribution in [2.24, 2.45) is 7.05 Å². The third-order valence-corrected chi connectivity index (χ3v) is 9.76. The van der Waals surface area contributed by atoms with E-state index < -0.39 is 44.2 Å². The maximum Gasteiger partial charge on any atom is 0.326 e. The lowest BCUT2D eigenvalue weighted by Crippen LogP contribution is -2.46. The molecule has 1 amide bonds. The average molecular weight is 567 g/mol. The second-order valence-electron chi connectivity index (χ2n) is 9.33. The first-order valence-corrected chi connectivity index (χ1v) is 13.6. The Bertz CT molecular complexity index is 1540. The number of carboxylic acids is 1. The van der Waals surface area contributed by atoms with Gasteiger partial charge in [-0.3, -0.25) is 14.5 Å². The zero-order chi connectivity index (χ0) is 26.7. The molecule has 2 aliphatic rings. The molecule has 0 bridgehead atoms. The molecule has 3 aromatic rings. The van der Waals surface area contributed by atoms with Crippen molar-refractivity contribution in [1.29, 1.82) is 0 Å². The van der Waals surface area contributed by atoms with E-state index in [2.05, 4.69) is 10.1 Å². The number of carbonyl (C=O) groups excluding carboxylic acids is 1. The van der Waals surface area contributed by atoms with Crippen LogP contribution in [0, 0.1) is 5.82 Å². The standard InChI is InChI=1S/C24H21Cl2FN4O5S/c1-30-11-14(9-29-30)13-2-3-20(17(26)6-13)37(35,36)16-8-19(22(32)33)31(12-16)23(34)24(4-5-24)21-18(27)7-15(25)10-28-21/h2-3,6-7,9-11,16,19H,4-5,8,12H2,1H3,(H,32,33)/t16-,19+/m1/s1. The number of nitrogens with zero attached hydrogens (tertiary/aromatic N) is 4. The maximum absolute atomic E-state index is 14.6. The summed E-state index contributed by atoms with van der Waals surface area (Å²) < 4.78 is 43.3. The third-order valence-electron chi connectivity index (χ3n) is 6.94. The van der Waals surface area contributed by atoms with E-state index >= 15 is 0 Å². The molecule has 1 N–H and O–H groups in total. The summed E-state index contributed by atoms with van der Waals surface area (Å²) in [5, 5.41) is 12.7. The van der Waals surface area contributed by atoms with Crippen LogP contribution in [0.2, 0.25) is 10.0 Å². The lowest BCUT2D eigenvalue weighted by Gasteiger charge is -2.26. The smallest absolute Gasteiger partial charge is 0.326 e. The van der Waals surface area contributed by atoms with Gasteiger partial charge in [0.25, 0.3) is 0 Å². The van der Waals surface area contributed by atoms with Gasteiger partial charge in [-0.05, 0) is 43.0 Å². The quantitative estimate of drug-likeness (QED) is 0.484. The van der Waals surface area contributed by atoms with Crippen LogP contribution >= 0.6 is 23.2 Å². The molecule has 194 valence electrons. The van der Waals surface area contributed by atoms with Gasteiger partial charge in [-0.15, -0.1) is 0 Å². The molecule has 0 spiro atoms. The van der Waals surface area contributed by atoms with E-state index in [-0.39, 0.29) is 46.4 Å². The van der Waals surface area contributed by atoms with Crippen molar-refractivity contribution in [2.75, 3.05) is 6.54 Å². The largest absolute Gasteiger partial charge is 0.480 e. The van der Waals surface area contributed by atoms with E-state index in [1.165, 1.54) is 18.3 Å². The van der Waals surface area contributed by atoms with Gasteiger partial charge in [0, 0.05) is 31.5 Å². The molecule has 1 aliphatic heterocycles. The van der Waals surface area contributed by atoms with Crippen LogP contribution in [-0.4, -0.2) is 62.9 Å². The Labute approximate surface area is 221 Å². The predicted molar refractivity (Wildman–Crippen MR) is 132 cm³/mol. The van der Waals surface area contributed by atoms with Crippen LogP contribution in [0.15, 0.2) is 47.8 Å². The maximum atomic E-state index is 14.6. The van der Waals surface area contributed by atoms with Gasteiger partial charge < -0.3 is 10.0 Å². The Hall–Kier alpha value is -3.02. The fourth-order valence-electron chi connectivity index (χ4n) is 4.86. The van der Waals surface area contributed by atoms with Crippen molar-refractivity contribution in [2.45, 2.75) is 40.9 Å². The summed E-state index contributed by atoms with van der Waals surface area (Å²) in [7, 11) is -2.37. The highest BCUT2D eigenvalue weighted by Crippen LogP contribution is 2.51. The lowest BCUT2D eigenvalue weighted by molar-refractivity contribution is -0.149. The number of pyridine rings is 1. The first kappa shape index (κ1) is 25.6. The number of rotatable bonds is 6. The molecule has 9 nitrogen and oxygen atoms in total. The molecule has 1 saturated heterocycles. The van der Waals surface area contributed by atoms with E-state index in [1.807, 2.05) is 0 Å². The molecule has 1 aromatic carbocycles. The van der Waals surface area contributed by atoms with Gasteiger partial charge in [0.1, 0.15) is 11.9 Å². The lowest BCUT2D eigenvalue weighted by atomic mass is 9.98. The number of sulfone groups is 1. The number of likely N-dealkylation sites (tertiary alicyclic amines) is 1. The van der Waals surface area contributed by atoms with Gasteiger partial charge in [0.05, 0.1) is 37.5 Å². The molecule has 2 aromatic heterocycles. The Morgan fingerprint density at radius 2 is 1.89 bits per heavy atom. The van der Waals surface area contributed by atoms with Gasteiger partial charge >= 0.3 is 5.97 Å². The van der Waals surface area contributed by atoms with Crippen molar-refractivity contribution >= 4 is 44.9 Å². The molecule has 1 saturated carbocycles. The molecule has 5 rings (SSSR count). The van der Waals surface area contributed by atoms with Crippen LogP contribution in [0.3, 0.4) is 0 Å². The molecular weight excluding hydrogens is 546 g/mol. The number of halogens is 3. The van der Waals surface area contributed by atoms with Gasteiger partial charge in [-0.1, -0.05) is 29.3 Å². The number of benzene rings is 1. The predicted octanol–water partition coefficient (Wildman–Crippen LogP) is 3.49. The van der Waals surface area contributed by atoms with E-state index in [1.54, 1.807) is 30.2 Å². The number of aryl methyl sites for hydroxylation is 1. The Balaban J connectivity index is 1.44. The molecule has 37 heavy (non-hydrogen) atoms. The monoisotopic (exact) mass is 566 g/mol. The first-order chi connectivity index (χ1) is 17.4. The molecule has 2 fully saturated rings. The van der Waals surface area contributed by atoms with Crippen LogP contribution in [0.4, 0.5) is 4.39 Å². The van der Waals surface area contributed by atoms with Crippen LogP contribution in [-0.2, 0) is 31.9 Å². The van der Waals surface area contributed by atoms with Crippen molar-refractivity contribution < 1.29 is 27.5 Å². The van der Waals surface area contributed by atoms with Gasteiger partial charge in [-0.2, -0.15) is 5.10 Å². The molecule has 0 unspecified atom stereocenters. The van der Waals surface area contributed by atoms with Crippen LogP contribution < -0.4 is 0 Å². The van der Waals surface area contributed by atoms with E-state index in [0.717, 1.165) is 16.5 Å². The fourth-order valence-corrected chi connectivity index (χ4v) is 7.25. The molecule has 13 heteroatoms. The van der Waals surface area contributed by atoms with Crippen molar-refractivity contribution in [3.8, 4) is 11.1 Å². The van der Waals surface area contributed by atoms with Gasteiger partial charge in [0.15, 0.2) is 9.84 Å². The van der Waals surface area contributed by atoms with Crippen LogP contribution in [0.1, 0.15) is 25.0 Å². The molecule has 3 heterocycles. The molecule has 1 aliphatic carbocycles. The number of aliphatic carboxylic acids is 1. The van der Waals surface area contributed by atoms with Gasteiger partial charge in [-0.25, -0.2) is 17.6 Å². The summed E-state index contributed by atoms with van der Waals surface area (Å²) in [6.07, 6.45) is 4.79. The summed E-state index contributed by atoms with van der Waals surface area (Å²) in [6.45, 7) is -0.365. The minimum atomic E-state index is -4.12. The highest BCUT2D eigenvalue weighted by molar-refractivity contribution is 7.92. The third kappa shape index (κ3) is 4.38. The summed E-state index contributed by atoms with van der Waals surface area (Å²) in [5.74, 6) is -2.78. The highest BCUT2D eigenvalue weighted by atomic mass is 35.5. The molecule has 0 radical (unpaired) electrons. The van der Waals surface area contributed by atoms with E-state index in [0.29, 0.717) is 5.56 Å². The zero-order valence-electron chi connectivity index (χ0n) is 19.4. The molecular formula is C24H21Cl2FN4O5S. The number of aromatic nitrogens is 3. The number of carboxylic acid groups (broad SMARTS) is 1. The number of carbonyl (C=O) groups is 2. The SMILES string of the molecule is Cn1cc(-c2ccc(S(=O)(=O)[C@@H]3C[C@@H](C(=O)O)N(C(=O)C4(c5ncc(Cl)cc5F)CC4)C3)c(Cl)c2)cn1. The fraction of sp³-hybridized carbons (Fsp3) is 0.333. The second-order valence-corrected chi connectivity index (χ2v) is 12.4. The number of hydrogen-bond acceptors (Lipinski definition) is 6. The summed E-state index contributed by atoms with van der Waals surface area (Å²) in [5.41, 5.74) is -0.0535.